The Labute approximate surface area is 174 Å². The minimum Gasteiger partial charge on any atom is -0.341 e. The molecule has 1 aliphatic rings. The van der Waals surface area contributed by atoms with Crippen LogP contribution in [0.25, 0.3) is 0 Å². The lowest BCUT2D eigenvalue weighted by atomic mass is 10.1. The molecule has 0 spiro atoms. The van der Waals surface area contributed by atoms with E-state index in [2.05, 4.69) is 0 Å². The topological polar surface area (TPSA) is 57.7 Å². The van der Waals surface area contributed by atoms with Gasteiger partial charge in [-0.05, 0) is 38.5 Å². The number of nitrogens with zero attached hydrogens (tertiary/aromatic N) is 2. The molecule has 0 atom stereocenters. The molecule has 3 rings (SSSR count). The van der Waals surface area contributed by atoms with E-state index in [1.807, 2.05) is 19.9 Å². The van der Waals surface area contributed by atoms with Crippen LogP contribution in [0, 0.1) is 19.7 Å². The second-order valence-corrected chi connectivity index (χ2v) is 8.72. The average Bonchev–Trinajstić information content (AvgIpc) is 2.90. The van der Waals surface area contributed by atoms with Crippen LogP contribution in [0.4, 0.5) is 4.39 Å². The van der Waals surface area contributed by atoms with Crippen molar-refractivity contribution in [3.63, 3.8) is 0 Å². The fourth-order valence-corrected chi connectivity index (χ4v) is 4.54. The van der Waals surface area contributed by atoms with Crippen molar-refractivity contribution >= 4 is 28.9 Å². The van der Waals surface area contributed by atoms with Crippen molar-refractivity contribution in [1.82, 2.24) is 9.80 Å². The molecule has 1 aliphatic heterocycles. The van der Waals surface area contributed by atoms with Gasteiger partial charge in [-0.25, -0.2) is 4.39 Å². The largest absolute Gasteiger partial charge is 0.341 e. The maximum Gasteiger partial charge on any atom is 0.256 e. The number of carbonyl (C=O) groups excluding carboxylic acids is 3. The average molecular weight is 417 g/mol. The lowest BCUT2D eigenvalue weighted by molar-refractivity contribution is -0.131. The highest BCUT2D eigenvalue weighted by atomic mass is 32.1. The SMILES string of the molecule is Cc1cc(C(=O)CCC(=O)N2CCCN(C(=O)c3ccccc3F)CC2)c(C)s1. The van der Waals surface area contributed by atoms with Crippen LogP contribution in [0.5, 0.6) is 0 Å². The zero-order valence-electron chi connectivity index (χ0n) is 16.7. The van der Waals surface area contributed by atoms with Gasteiger partial charge in [-0.3, -0.25) is 14.4 Å². The molecule has 1 aromatic heterocycles. The van der Waals surface area contributed by atoms with Crippen LogP contribution in [-0.2, 0) is 4.79 Å². The first-order valence-electron chi connectivity index (χ1n) is 9.78. The molecule has 2 amide bonds. The maximum absolute atomic E-state index is 13.9. The predicted molar refractivity (Wildman–Crippen MR) is 111 cm³/mol. The molecule has 5 nitrogen and oxygen atoms in total. The van der Waals surface area contributed by atoms with Crippen LogP contribution >= 0.6 is 11.3 Å². The first-order valence-corrected chi connectivity index (χ1v) is 10.6. The van der Waals surface area contributed by atoms with Gasteiger partial charge in [0.05, 0.1) is 5.56 Å². The zero-order chi connectivity index (χ0) is 21.0. The zero-order valence-corrected chi connectivity index (χ0v) is 17.6. The Bertz CT molecular complexity index is 925. The van der Waals surface area contributed by atoms with E-state index in [1.165, 1.54) is 12.1 Å². The molecule has 1 saturated heterocycles. The molecule has 7 heteroatoms. The van der Waals surface area contributed by atoms with Gasteiger partial charge in [0.25, 0.3) is 5.91 Å². The van der Waals surface area contributed by atoms with Gasteiger partial charge in [0.15, 0.2) is 5.78 Å². The number of amides is 2. The fourth-order valence-electron chi connectivity index (χ4n) is 3.60. The summed E-state index contributed by atoms with van der Waals surface area (Å²) in [6.45, 7) is 5.64. The highest BCUT2D eigenvalue weighted by Crippen LogP contribution is 2.22. The van der Waals surface area contributed by atoms with Crippen molar-refractivity contribution in [1.29, 1.82) is 0 Å². The molecule has 0 radical (unpaired) electrons. The summed E-state index contributed by atoms with van der Waals surface area (Å²) in [6, 6.07) is 7.82. The van der Waals surface area contributed by atoms with Crippen LogP contribution in [0.3, 0.4) is 0 Å². The van der Waals surface area contributed by atoms with Crippen molar-refractivity contribution in [2.75, 3.05) is 26.2 Å². The predicted octanol–water partition coefficient (Wildman–Crippen LogP) is 3.84. The number of thiophene rings is 1. The molecule has 1 aromatic carbocycles. The Hall–Kier alpha value is -2.54. The lowest BCUT2D eigenvalue weighted by Crippen LogP contribution is -2.37. The fraction of sp³-hybridized carbons (Fsp3) is 0.409. The Balaban J connectivity index is 1.54. The maximum atomic E-state index is 13.9. The summed E-state index contributed by atoms with van der Waals surface area (Å²) < 4.78 is 13.9. The van der Waals surface area contributed by atoms with Crippen molar-refractivity contribution in [2.24, 2.45) is 0 Å². The van der Waals surface area contributed by atoms with E-state index in [-0.39, 0.29) is 36.0 Å². The Kier molecular flexibility index (Phi) is 6.79. The smallest absolute Gasteiger partial charge is 0.256 e. The molecule has 2 heterocycles. The highest BCUT2D eigenvalue weighted by Gasteiger charge is 2.24. The van der Waals surface area contributed by atoms with E-state index in [9.17, 15) is 18.8 Å². The third-order valence-corrected chi connectivity index (χ3v) is 6.11. The number of benzene rings is 1. The van der Waals surface area contributed by atoms with Gasteiger partial charge in [-0.15, -0.1) is 11.3 Å². The van der Waals surface area contributed by atoms with Gasteiger partial charge in [0.1, 0.15) is 5.82 Å². The lowest BCUT2D eigenvalue weighted by Gasteiger charge is -2.22. The summed E-state index contributed by atoms with van der Waals surface area (Å²) in [5.74, 6) is -0.974. The molecular weight excluding hydrogens is 391 g/mol. The van der Waals surface area contributed by atoms with E-state index in [1.54, 1.807) is 33.3 Å². The summed E-state index contributed by atoms with van der Waals surface area (Å²) >= 11 is 1.58. The molecule has 0 aliphatic carbocycles. The number of halogens is 1. The molecule has 0 saturated carbocycles. The Morgan fingerprint density at radius 1 is 0.966 bits per heavy atom. The van der Waals surface area contributed by atoms with Gasteiger partial charge in [0, 0.05) is 54.3 Å². The van der Waals surface area contributed by atoms with Gasteiger partial charge in [-0.1, -0.05) is 12.1 Å². The van der Waals surface area contributed by atoms with Crippen LogP contribution < -0.4 is 0 Å². The number of ketones is 1. The summed E-state index contributed by atoms with van der Waals surface area (Å²) in [4.78, 5) is 43.0. The van der Waals surface area contributed by atoms with Gasteiger partial charge < -0.3 is 9.80 Å². The molecular formula is C22H25FN2O3S. The van der Waals surface area contributed by atoms with E-state index in [0.717, 1.165) is 9.75 Å². The summed E-state index contributed by atoms with van der Waals surface area (Å²) in [6.07, 6.45) is 0.974. The standard InChI is InChI=1S/C22H25FN2O3S/c1-15-14-18(16(2)29-15)20(26)8-9-21(27)24-10-5-11-25(13-12-24)22(28)17-6-3-4-7-19(17)23/h3-4,6-7,14H,5,8-13H2,1-2H3. The second kappa shape index (κ2) is 9.31. The number of aryl methyl sites for hydroxylation is 2. The Morgan fingerprint density at radius 3 is 2.34 bits per heavy atom. The van der Waals surface area contributed by atoms with Crippen molar-refractivity contribution in [3.05, 3.63) is 57.0 Å². The van der Waals surface area contributed by atoms with Crippen molar-refractivity contribution in [2.45, 2.75) is 33.1 Å². The summed E-state index contributed by atoms with van der Waals surface area (Å²) in [7, 11) is 0. The van der Waals surface area contributed by atoms with Crippen LogP contribution in [0.15, 0.2) is 30.3 Å². The van der Waals surface area contributed by atoms with Crippen LogP contribution in [0.1, 0.15) is 49.7 Å². The summed E-state index contributed by atoms with van der Waals surface area (Å²) in [5, 5.41) is 0. The van der Waals surface area contributed by atoms with E-state index < -0.39 is 5.82 Å². The molecule has 29 heavy (non-hydrogen) atoms. The summed E-state index contributed by atoms with van der Waals surface area (Å²) in [5.41, 5.74) is 0.761. The van der Waals surface area contributed by atoms with Crippen molar-refractivity contribution < 1.29 is 18.8 Å². The second-order valence-electron chi connectivity index (χ2n) is 7.26. The molecule has 0 bridgehead atoms. The number of carbonyl (C=O) groups is 3. The van der Waals surface area contributed by atoms with E-state index >= 15 is 0 Å². The third kappa shape index (κ3) is 5.09. The first-order chi connectivity index (χ1) is 13.9. The molecule has 2 aromatic rings. The van der Waals surface area contributed by atoms with Crippen LogP contribution in [0.2, 0.25) is 0 Å². The first kappa shape index (κ1) is 21.2. The van der Waals surface area contributed by atoms with Gasteiger partial charge in [-0.2, -0.15) is 0 Å². The van der Waals surface area contributed by atoms with Crippen molar-refractivity contribution in [3.8, 4) is 0 Å². The number of hydrogen-bond donors (Lipinski definition) is 0. The van der Waals surface area contributed by atoms with E-state index in [4.69, 9.17) is 0 Å². The molecule has 154 valence electrons. The Morgan fingerprint density at radius 2 is 1.66 bits per heavy atom. The molecule has 1 fully saturated rings. The van der Waals surface area contributed by atoms with E-state index in [0.29, 0.717) is 38.2 Å². The quantitative estimate of drug-likeness (QED) is 0.696. The normalized spacial score (nSPS) is 14.6. The number of hydrogen-bond acceptors (Lipinski definition) is 4. The van der Waals surface area contributed by atoms with Crippen LogP contribution in [-0.4, -0.2) is 53.6 Å². The minimum absolute atomic E-state index is 0.00798. The van der Waals surface area contributed by atoms with Gasteiger partial charge in [0.2, 0.25) is 5.91 Å². The van der Waals surface area contributed by atoms with Gasteiger partial charge >= 0.3 is 0 Å². The number of Topliss-reactive ketones (excluding diaryl/α,β-unsaturated/α-hetero) is 1. The monoisotopic (exact) mass is 416 g/mol. The number of rotatable bonds is 5. The third-order valence-electron chi connectivity index (χ3n) is 5.15. The molecule has 0 unspecified atom stereocenters. The highest BCUT2D eigenvalue weighted by molar-refractivity contribution is 7.12. The minimum atomic E-state index is -0.535. The molecule has 0 N–H and O–H groups in total.